The summed E-state index contributed by atoms with van der Waals surface area (Å²) in [5, 5.41) is 11.4. The maximum absolute atomic E-state index is 12.6. The van der Waals surface area contributed by atoms with Gasteiger partial charge in [-0.15, -0.1) is 0 Å². The van der Waals surface area contributed by atoms with E-state index >= 15 is 0 Å². The van der Waals surface area contributed by atoms with Crippen LogP contribution in [0.5, 0.6) is 0 Å². The van der Waals surface area contributed by atoms with Crippen LogP contribution in [-0.4, -0.2) is 25.8 Å². The molecule has 0 radical (unpaired) electrons. The van der Waals surface area contributed by atoms with Crippen LogP contribution >= 0.6 is 0 Å². The van der Waals surface area contributed by atoms with Gasteiger partial charge in [-0.3, -0.25) is 4.79 Å². The number of benzene rings is 2. The Morgan fingerprint density at radius 3 is 2.41 bits per heavy atom. The minimum absolute atomic E-state index is 0.145. The molecular formula is C22H21N5O2. The Morgan fingerprint density at radius 2 is 1.76 bits per heavy atom. The standard InChI is InChI=1S/C22H21N5O2/c1-14-4-6-17(7-5-14)12-23-22(28)20-13-27(25-15(20)2)19-10-8-18(9-11-19)21-24-16(3)29-26-21/h4-11,13H,12H2,1-3H3,(H,23,28). The Hall–Kier alpha value is -3.74. The van der Waals surface area contributed by atoms with E-state index in [-0.39, 0.29) is 5.91 Å². The van der Waals surface area contributed by atoms with Gasteiger partial charge in [-0.25, -0.2) is 4.68 Å². The normalized spacial score (nSPS) is 10.9. The summed E-state index contributed by atoms with van der Waals surface area (Å²) in [5.41, 5.74) is 5.17. The van der Waals surface area contributed by atoms with Crippen LogP contribution in [0, 0.1) is 20.8 Å². The fourth-order valence-corrected chi connectivity index (χ4v) is 2.98. The van der Waals surface area contributed by atoms with Crippen molar-refractivity contribution < 1.29 is 9.32 Å². The molecule has 0 atom stereocenters. The average Bonchev–Trinajstić information content (AvgIpc) is 3.33. The first-order valence-electron chi connectivity index (χ1n) is 9.31. The summed E-state index contributed by atoms with van der Waals surface area (Å²) in [5.74, 6) is 0.920. The van der Waals surface area contributed by atoms with Gasteiger partial charge in [-0.2, -0.15) is 10.1 Å². The van der Waals surface area contributed by atoms with Crippen LogP contribution < -0.4 is 5.32 Å². The van der Waals surface area contributed by atoms with Gasteiger partial charge in [0, 0.05) is 25.2 Å². The van der Waals surface area contributed by atoms with Gasteiger partial charge in [-0.1, -0.05) is 35.0 Å². The third-order valence-corrected chi connectivity index (χ3v) is 4.63. The smallest absolute Gasteiger partial charge is 0.255 e. The first kappa shape index (κ1) is 18.6. The maximum atomic E-state index is 12.6. The highest BCUT2D eigenvalue weighted by Gasteiger charge is 2.14. The second-order valence-corrected chi connectivity index (χ2v) is 6.92. The molecule has 0 saturated heterocycles. The zero-order valence-electron chi connectivity index (χ0n) is 16.5. The molecule has 0 aliphatic heterocycles. The number of carbonyl (C=O) groups is 1. The van der Waals surface area contributed by atoms with E-state index in [0.29, 0.717) is 29.5 Å². The minimum atomic E-state index is -0.145. The number of nitrogens with zero attached hydrogens (tertiary/aromatic N) is 4. The molecule has 2 aromatic heterocycles. The van der Waals surface area contributed by atoms with E-state index < -0.39 is 0 Å². The van der Waals surface area contributed by atoms with Gasteiger partial charge in [0.2, 0.25) is 11.7 Å². The molecule has 7 heteroatoms. The van der Waals surface area contributed by atoms with Gasteiger partial charge in [0.15, 0.2) is 0 Å². The van der Waals surface area contributed by atoms with Gasteiger partial charge >= 0.3 is 0 Å². The minimum Gasteiger partial charge on any atom is -0.348 e. The Bertz CT molecular complexity index is 1140. The van der Waals surface area contributed by atoms with Crippen molar-refractivity contribution in [2.75, 3.05) is 0 Å². The molecule has 0 saturated carbocycles. The third kappa shape index (κ3) is 4.08. The number of nitrogens with one attached hydrogen (secondary N) is 1. The number of aryl methyl sites for hydroxylation is 3. The molecule has 0 fully saturated rings. The number of amides is 1. The van der Waals surface area contributed by atoms with Crippen molar-refractivity contribution in [3.63, 3.8) is 0 Å². The summed E-state index contributed by atoms with van der Waals surface area (Å²) in [6, 6.07) is 15.7. The molecule has 7 nitrogen and oxygen atoms in total. The first-order valence-corrected chi connectivity index (χ1v) is 9.31. The predicted octanol–water partition coefficient (Wildman–Crippen LogP) is 3.78. The molecule has 4 aromatic rings. The van der Waals surface area contributed by atoms with Crippen LogP contribution in [0.15, 0.2) is 59.3 Å². The third-order valence-electron chi connectivity index (χ3n) is 4.63. The Kier molecular flexibility index (Phi) is 4.95. The van der Waals surface area contributed by atoms with E-state index in [4.69, 9.17) is 4.52 Å². The van der Waals surface area contributed by atoms with Crippen molar-refractivity contribution in [3.05, 3.63) is 83.0 Å². The first-order chi connectivity index (χ1) is 14.0. The summed E-state index contributed by atoms with van der Waals surface area (Å²) in [4.78, 5) is 16.8. The Balaban J connectivity index is 1.48. The van der Waals surface area contributed by atoms with E-state index in [1.165, 1.54) is 5.56 Å². The molecule has 1 amide bonds. The summed E-state index contributed by atoms with van der Waals surface area (Å²) >= 11 is 0. The Morgan fingerprint density at radius 1 is 1.03 bits per heavy atom. The number of hydrogen-bond donors (Lipinski definition) is 1. The molecule has 0 bridgehead atoms. The lowest BCUT2D eigenvalue weighted by atomic mass is 10.1. The average molecular weight is 387 g/mol. The molecule has 2 heterocycles. The number of carbonyl (C=O) groups excluding carboxylic acids is 1. The van der Waals surface area contributed by atoms with Crippen LogP contribution in [0.1, 0.15) is 33.1 Å². The maximum Gasteiger partial charge on any atom is 0.255 e. The molecule has 0 aliphatic rings. The Labute approximate surface area is 168 Å². The van der Waals surface area contributed by atoms with E-state index in [2.05, 4.69) is 20.6 Å². The van der Waals surface area contributed by atoms with Crippen LogP contribution in [0.4, 0.5) is 0 Å². The summed E-state index contributed by atoms with van der Waals surface area (Å²) in [6.07, 6.45) is 1.74. The van der Waals surface area contributed by atoms with Crippen molar-refractivity contribution in [1.29, 1.82) is 0 Å². The molecule has 2 aromatic carbocycles. The highest BCUT2D eigenvalue weighted by atomic mass is 16.5. The van der Waals surface area contributed by atoms with Gasteiger partial charge < -0.3 is 9.84 Å². The molecule has 146 valence electrons. The highest BCUT2D eigenvalue weighted by Crippen LogP contribution is 2.19. The van der Waals surface area contributed by atoms with Gasteiger partial charge in [0.05, 0.1) is 16.9 Å². The molecule has 0 aliphatic carbocycles. The van der Waals surface area contributed by atoms with E-state index in [1.807, 2.05) is 62.4 Å². The topological polar surface area (TPSA) is 85.8 Å². The van der Waals surface area contributed by atoms with Crippen molar-refractivity contribution in [2.45, 2.75) is 27.3 Å². The lowest BCUT2D eigenvalue weighted by molar-refractivity contribution is 0.0950. The molecular weight excluding hydrogens is 366 g/mol. The highest BCUT2D eigenvalue weighted by molar-refractivity contribution is 5.95. The van der Waals surface area contributed by atoms with Gasteiger partial charge in [0.1, 0.15) is 0 Å². The summed E-state index contributed by atoms with van der Waals surface area (Å²) < 4.78 is 6.71. The van der Waals surface area contributed by atoms with Gasteiger partial charge in [0.25, 0.3) is 5.91 Å². The summed E-state index contributed by atoms with van der Waals surface area (Å²) in [6.45, 7) is 6.09. The SMILES string of the molecule is Cc1ccc(CNC(=O)c2cn(-c3ccc(-c4noc(C)n4)cc3)nc2C)cc1. The quantitative estimate of drug-likeness (QED) is 0.563. The van der Waals surface area contributed by atoms with E-state index in [9.17, 15) is 4.79 Å². The fraction of sp³-hybridized carbons (Fsp3) is 0.182. The van der Waals surface area contributed by atoms with Crippen LogP contribution in [0.25, 0.3) is 17.1 Å². The lowest BCUT2D eigenvalue weighted by Gasteiger charge is -2.05. The number of aromatic nitrogens is 4. The molecule has 29 heavy (non-hydrogen) atoms. The molecule has 1 N–H and O–H groups in total. The van der Waals surface area contributed by atoms with Gasteiger partial charge in [-0.05, 0) is 43.7 Å². The predicted molar refractivity (Wildman–Crippen MR) is 109 cm³/mol. The fourth-order valence-electron chi connectivity index (χ4n) is 2.98. The lowest BCUT2D eigenvalue weighted by Crippen LogP contribution is -2.23. The van der Waals surface area contributed by atoms with E-state index in [0.717, 1.165) is 16.8 Å². The monoisotopic (exact) mass is 387 g/mol. The second-order valence-electron chi connectivity index (χ2n) is 6.92. The zero-order valence-corrected chi connectivity index (χ0v) is 16.5. The largest absolute Gasteiger partial charge is 0.348 e. The molecule has 0 unspecified atom stereocenters. The van der Waals surface area contributed by atoms with Crippen molar-refractivity contribution in [2.24, 2.45) is 0 Å². The second kappa shape index (κ2) is 7.71. The van der Waals surface area contributed by atoms with Crippen LogP contribution in [0.2, 0.25) is 0 Å². The van der Waals surface area contributed by atoms with Crippen molar-refractivity contribution >= 4 is 5.91 Å². The number of rotatable bonds is 5. The zero-order chi connectivity index (χ0) is 20.4. The van der Waals surface area contributed by atoms with Crippen molar-refractivity contribution in [1.82, 2.24) is 25.2 Å². The summed E-state index contributed by atoms with van der Waals surface area (Å²) in [7, 11) is 0. The van der Waals surface area contributed by atoms with E-state index in [1.54, 1.807) is 17.8 Å². The molecule has 0 spiro atoms. The molecule has 4 rings (SSSR count). The van der Waals surface area contributed by atoms with Crippen LogP contribution in [0.3, 0.4) is 0 Å². The number of hydrogen-bond acceptors (Lipinski definition) is 5. The van der Waals surface area contributed by atoms with Crippen LogP contribution in [-0.2, 0) is 6.54 Å². The van der Waals surface area contributed by atoms with Crippen molar-refractivity contribution in [3.8, 4) is 17.1 Å².